The third-order valence-corrected chi connectivity index (χ3v) is 8.53. The highest BCUT2D eigenvalue weighted by Gasteiger charge is 2.50. The number of benzene rings is 1. The normalized spacial score (nSPS) is 21.7. The molecule has 0 aliphatic carbocycles. The zero-order valence-electron chi connectivity index (χ0n) is 24.5. The van der Waals surface area contributed by atoms with Crippen molar-refractivity contribution in [3.8, 4) is 0 Å². The molecule has 0 radical (unpaired) electrons. The van der Waals surface area contributed by atoms with E-state index in [1.807, 2.05) is 34.6 Å². The standard InChI is InChI=1S/C27H38N7O7P/c1-7-13-29-41-42(34(16(2)3)17(4)5)40-22-20(15-35)39-21(23(22)38-6)19-14-28-33-24(19)30-26(32-27(33)37)31-25(36)18-11-9-8-10-12-18/h8-14,16-17,20-23,35H,7,15H2,1-6H3,(H2,30,31,32,36,37)/b29-13+. The first kappa shape index (κ1) is 31.7. The van der Waals surface area contributed by atoms with Gasteiger partial charge >= 0.3 is 14.2 Å². The first-order valence-corrected chi connectivity index (χ1v) is 14.9. The van der Waals surface area contributed by atoms with E-state index in [-0.39, 0.29) is 30.3 Å². The van der Waals surface area contributed by atoms with Crippen LogP contribution in [0.3, 0.4) is 0 Å². The van der Waals surface area contributed by atoms with Crippen molar-refractivity contribution < 1.29 is 28.5 Å². The van der Waals surface area contributed by atoms with Gasteiger partial charge in [0.25, 0.3) is 5.91 Å². The number of fused-ring (bicyclic) bond motifs is 1. The summed E-state index contributed by atoms with van der Waals surface area (Å²) < 4.78 is 27.6. The number of nitrogens with zero attached hydrogens (tertiary/aromatic N) is 5. The zero-order valence-corrected chi connectivity index (χ0v) is 25.4. The van der Waals surface area contributed by atoms with E-state index in [4.69, 9.17) is 18.6 Å². The number of hydrogen-bond acceptors (Lipinski definition) is 11. The number of ether oxygens (including phenoxy) is 2. The lowest BCUT2D eigenvalue weighted by Crippen LogP contribution is -2.40. The van der Waals surface area contributed by atoms with E-state index in [2.05, 4.69) is 30.2 Å². The Labute approximate surface area is 245 Å². The average molecular weight is 604 g/mol. The van der Waals surface area contributed by atoms with Crippen LogP contribution >= 0.6 is 8.53 Å². The molecule has 14 nitrogen and oxygen atoms in total. The lowest BCUT2D eigenvalue weighted by Gasteiger charge is -2.36. The highest BCUT2D eigenvalue weighted by molar-refractivity contribution is 7.44. The Kier molecular flexibility index (Phi) is 10.8. The van der Waals surface area contributed by atoms with Gasteiger partial charge in [-0.2, -0.15) is 14.6 Å². The summed E-state index contributed by atoms with van der Waals surface area (Å²) in [7, 11) is -0.209. The number of H-pyrrole nitrogens is 1. The molecular formula is C27H38N7O7P. The fourth-order valence-corrected chi connectivity index (χ4v) is 6.38. The maximum Gasteiger partial charge on any atom is 0.350 e. The van der Waals surface area contributed by atoms with Crippen molar-refractivity contribution in [2.24, 2.45) is 5.16 Å². The number of aliphatic hydroxyl groups excluding tert-OH is 1. The molecule has 2 aromatic heterocycles. The van der Waals surface area contributed by atoms with E-state index in [0.717, 1.165) is 4.52 Å². The summed E-state index contributed by atoms with van der Waals surface area (Å²) in [5, 5.41) is 21.2. The van der Waals surface area contributed by atoms with Crippen molar-refractivity contribution in [1.29, 1.82) is 0 Å². The molecule has 0 spiro atoms. The lowest BCUT2D eigenvalue weighted by atomic mass is 10.0. The summed E-state index contributed by atoms with van der Waals surface area (Å²) in [4.78, 5) is 32.5. The van der Waals surface area contributed by atoms with Crippen molar-refractivity contribution in [2.75, 3.05) is 19.0 Å². The van der Waals surface area contributed by atoms with Crippen molar-refractivity contribution in [1.82, 2.24) is 24.3 Å². The number of aromatic nitrogens is 4. The van der Waals surface area contributed by atoms with Crippen LogP contribution in [0.4, 0.5) is 5.95 Å². The molecule has 1 saturated heterocycles. The average Bonchev–Trinajstić information content (AvgIpc) is 3.54. The molecule has 0 bridgehead atoms. The second-order valence-corrected chi connectivity index (χ2v) is 11.5. The minimum atomic E-state index is -1.72. The third-order valence-electron chi connectivity index (χ3n) is 6.58. The van der Waals surface area contributed by atoms with Crippen LogP contribution in [-0.2, 0) is 18.6 Å². The molecule has 42 heavy (non-hydrogen) atoms. The summed E-state index contributed by atoms with van der Waals surface area (Å²) in [5.74, 6) is -0.499. The monoisotopic (exact) mass is 603 g/mol. The molecule has 1 aromatic carbocycles. The van der Waals surface area contributed by atoms with E-state index in [1.54, 1.807) is 36.5 Å². The number of hydrogen-bond donors (Lipinski definition) is 3. The summed E-state index contributed by atoms with van der Waals surface area (Å²) >= 11 is 0. The maximum absolute atomic E-state index is 12.8. The van der Waals surface area contributed by atoms with Gasteiger partial charge in [0.15, 0.2) is 5.65 Å². The molecule has 3 N–H and O–H groups in total. The third kappa shape index (κ3) is 6.86. The predicted octanol–water partition coefficient (Wildman–Crippen LogP) is 3.26. The number of carbonyl (C=O) groups is 1. The van der Waals surface area contributed by atoms with Gasteiger partial charge in [-0.15, -0.1) is 0 Å². The highest BCUT2D eigenvalue weighted by atomic mass is 31.2. The van der Waals surface area contributed by atoms with Gasteiger partial charge in [-0.3, -0.25) is 15.1 Å². The molecule has 15 heteroatoms. The smallest absolute Gasteiger partial charge is 0.350 e. The molecule has 3 heterocycles. The molecule has 1 amide bonds. The molecule has 4 rings (SSSR count). The Morgan fingerprint density at radius 1 is 1.26 bits per heavy atom. The van der Waals surface area contributed by atoms with Gasteiger partial charge in [-0.1, -0.05) is 30.3 Å². The van der Waals surface area contributed by atoms with E-state index in [0.29, 0.717) is 17.5 Å². The van der Waals surface area contributed by atoms with Gasteiger partial charge in [0.05, 0.1) is 12.8 Å². The van der Waals surface area contributed by atoms with Crippen LogP contribution in [0.5, 0.6) is 0 Å². The van der Waals surface area contributed by atoms with Crippen LogP contribution in [0.25, 0.3) is 5.65 Å². The molecule has 1 aliphatic rings. The fraction of sp³-hybridized carbons (Fsp3) is 0.519. The topological polar surface area (TPSA) is 165 Å². The Bertz CT molecular complexity index is 1410. The van der Waals surface area contributed by atoms with Crippen LogP contribution in [0.15, 0.2) is 46.5 Å². The Morgan fingerprint density at radius 2 is 1.98 bits per heavy atom. The molecule has 1 aliphatic heterocycles. The van der Waals surface area contributed by atoms with Crippen LogP contribution in [0.2, 0.25) is 0 Å². The number of oxime groups is 1. The lowest BCUT2D eigenvalue weighted by molar-refractivity contribution is -0.0219. The highest BCUT2D eigenvalue weighted by Crippen LogP contribution is 2.51. The van der Waals surface area contributed by atoms with E-state index >= 15 is 0 Å². The molecule has 3 aromatic rings. The van der Waals surface area contributed by atoms with Crippen molar-refractivity contribution in [3.05, 3.63) is 58.1 Å². The number of rotatable bonds is 13. The Hall–Kier alpha value is -3.26. The van der Waals surface area contributed by atoms with E-state index in [1.165, 1.54) is 13.3 Å². The van der Waals surface area contributed by atoms with Crippen LogP contribution in [0.1, 0.15) is 63.1 Å². The number of nitrogens with one attached hydrogen (secondary N) is 2. The van der Waals surface area contributed by atoms with Crippen molar-refractivity contribution in [2.45, 2.75) is 77.5 Å². The summed E-state index contributed by atoms with van der Waals surface area (Å²) in [6, 6.07) is 8.69. The van der Waals surface area contributed by atoms with Gasteiger partial charge in [-0.25, -0.2) is 9.46 Å². The van der Waals surface area contributed by atoms with Crippen molar-refractivity contribution >= 4 is 32.2 Å². The molecular weight excluding hydrogens is 565 g/mol. The van der Waals surface area contributed by atoms with Crippen LogP contribution < -0.4 is 11.0 Å². The quantitative estimate of drug-likeness (QED) is 0.150. The largest absolute Gasteiger partial charge is 0.394 e. The van der Waals surface area contributed by atoms with Gasteiger partial charge in [0.2, 0.25) is 5.95 Å². The van der Waals surface area contributed by atoms with Crippen LogP contribution in [-0.4, -0.2) is 85.6 Å². The predicted molar refractivity (Wildman–Crippen MR) is 157 cm³/mol. The molecule has 1 fully saturated rings. The zero-order chi connectivity index (χ0) is 30.4. The molecule has 0 saturated carbocycles. The minimum absolute atomic E-state index is 0.0585. The molecule has 228 valence electrons. The SMILES string of the molecule is CC/C=N/OP(OC1C(CO)OC(c2cnn3c(=O)[nH]c(NC(=O)c4ccccc4)nc23)C1OC)N(C(C)C)C(C)C. The first-order chi connectivity index (χ1) is 20.2. The number of anilines is 1. The second-order valence-electron chi connectivity index (χ2n) is 10.2. The first-order valence-electron chi connectivity index (χ1n) is 13.8. The summed E-state index contributed by atoms with van der Waals surface area (Å²) in [6.07, 6.45) is 0.691. The second kappa shape index (κ2) is 14.3. The number of carbonyl (C=O) groups excluding carboxylic acids is 1. The molecule has 5 atom stereocenters. The Morgan fingerprint density at radius 3 is 2.60 bits per heavy atom. The van der Waals surface area contributed by atoms with E-state index in [9.17, 15) is 14.7 Å². The summed E-state index contributed by atoms with van der Waals surface area (Å²) in [6.45, 7) is 9.73. The number of aliphatic hydroxyl groups is 1. The number of amides is 1. The van der Waals surface area contributed by atoms with Gasteiger partial charge in [-0.05, 0) is 46.2 Å². The van der Waals surface area contributed by atoms with Gasteiger partial charge in [0.1, 0.15) is 24.4 Å². The van der Waals surface area contributed by atoms with Crippen LogP contribution in [0, 0.1) is 0 Å². The summed E-state index contributed by atoms with van der Waals surface area (Å²) in [5.41, 5.74) is 0.371. The maximum atomic E-state index is 12.8. The number of aromatic amines is 1. The van der Waals surface area contributed by atoms with Gasteiger partial charge in [0, 0.05) is 36.5 Å². The number of methoxy groups -OCH3 is 1. The Balaban J connectivity index is 1.66. The molecule has 5 unspecified atom stereocenters. The minimum Gasteiger partial charge on any atom is -0.394 e. The fourth-order valence-electron chi connectivity index (χ4n) is 4.78. The van der Waals surface area contributed by atoms with E-state index < -0.39 is 44.5 Å². The van der Waals surface area contributed by atoms with Gasteiger partial charge < -0.3 is 23.7 Å². The van der Waals surface area contributed by atoms with Crippen molar-refractivity contribution in [3.63, 3.8) is 0 Å².